The Bertz CT molecular complexity index is 285. The third-order valence-corrected chi connectivity index (χ3v) is 2.73. The maximum absolute atomic E-state index is 6.00. The topological polar surface area (TPSA) is 35.2 Å². The van der Waals surface area contributed by atoms with Crippen LogP contribution in [0.5, 0.6) is 5.75 Å². The summed E-state index contributed by atoms with van der Waals surface area (Å²) in [4.78, 5) is 0. The minimum atomic E-state index is 0.224. The Balaban J connectivity index is 2.83. The van der Waals surface area contributed by atoms with Crippen LogP contribution in [0.4, 0.5) is 0 Å². The van der Waals surface area contributed by atoms with Gasteiger partial charge in [0.1, 0.15) is 5.75 Å². The van der Waals surface area contributed by atoms with Crippen LogP contribution in [-0.2, 0) is 0 Å². The van der Waals surface area contributed by atoms with Gasteiger partial charge in [-0.15, -0.1) is 0 Å². The van der Waals surface area contributed by atoms with Gasteiger partial charge in [0, 0.05) is 6.04 Å². The van der Waals surface area contributed by atoms with E-state index in [9.17, 15) is 0 Å². The Labute approximate surface area is 86.1 Å². The molecule has 0 aliphatic carbocycles. The van der Waals surface area contributed by atoms with Gasteiger partial charge in [0.05, 0.1) is 7.11 Å². The van der Waals surface area contributed by atoms with E-state index in [1.54, 1.807) is 7.11 Å². The second kappa shape index (κ2) is 5.01. The molecule has 0 heterocycles. The number of nitrogens with two attached hydrogens (primary N) is 1. The van der Waals surface area contributed by atoms with E-state index in [1.807, 2.05) is 12.1 Å². The van der Waals surface area contributed by atoms with Crippen molar-refractivity contribution >= 4 is 0 Å². The highest BCUT2D eigenvalue weighted by atomic mass is 16.5. The summed E-state index contributed by atoms with van der Waals surface area (Å²) in [6, 6.07) is 8.34. The van der Waals surface area contributed by atoms with Gasteiger partial charge in [-0.2, -0.15) is 0 Å². The Morgan fingerprint density at radius 1 is 1.43 bits per heavy atom. The Hall–Kier alpha value is -1.02. The highest BCUT2D eigenvalue weighted by Crippen LogP contribution is 2.23. The molecule has 2 atom stereocenters. The average molecular weight is 193 g/mol. The zero-order valence-corrected chi connectivity index (χ0v) is 9.16. The van der Waals surface area contributed by atoms with Crippen LogP contribution in [-0.4, -0.2) is 13.2 Å². The van der Waals surface area contributed by atoms with E-state index in [-0.39, 0.29) is 6.04 Å². The summed E-state index contributed by atoms with van der Waals surface area (Å²) in [5, 5.41) is 0. The molecule has 14 heavy (non-hydrogen) atoms. The zero-order chi connectivity index (χ0) is 10.6. The molecule has 0 fully saturated rings. The van der Waals surface area contributed by atoms with Crippen LogP contribution in [0.2, 0.25) is 0 Å². The van der Waals surface area contributed by atoms with Crippen molar-refractivity contribution in [1.29, 1.82) is 0 Å². The van der Waals surface area contributed by atoms with Crippen LogP contribution in [0, 0.1) is 0 Å². The van der Waals surface area contributed by atoms with Crippen molar-refractivity contribution in [2.75, 3.05) is 7.11 Å². The number of rotatable bonds is 4. The highest BCUT2D eigenvalue weighted by Gasteiger charge is 2.12. The number of benzene rings is 1. The molecular weight excluding hydrogens is 174 g/mol. The van der Waals surface area contributed by atoms with Gasteiger partial charge < -0.3 is 10.5 Å². The first kappa shape index (κ1) is 11.1. The number of methoxy groups -OCH3 is 1. The summed E-state index contributed by atoms with van der Waals surface area (Å²) in [7, 11) is 1.68. The van der Waals surface area contributed by atoms with Gasteiger partial charge in [0.15, 0.2) is 0 Å². The van der Waals surface area contributed by atoms with Crippen molar-refractivity contribution < 1.29 is 4.74 Å². The molecule has 1 aromatic rings. The van der Waals surface area contributed by atoms with Gasteiger partial charge in [0.25, 0.3) is 0 Å². The smallest absolute Gasteiger partial charge is 0.119 e. The lowest BCUT2D eigenvalue weighted by Gasteiger charge is -2.19. The molecule has 0 aromatic heterocycles. The van der Waals surface area contributed by atoms with Gasteiger partial charge >= 0.3 is 0 Å². The molecule has 2 nitrogen and oxygen atoms in total. The minimum Gasteiger partial charge on any atom is -0.497 e. The molecule has 0 saturated carbocycles. The molecule has 1 rings (SSSR count). The van der Waals surface area contributed by atoms with E-state index < -0.39 is 0 Å². The van der Waals surface area contributed by atoms with Crippen LogP contribution in [0.25, 0.3) is 0 Å². The van der Waals surface area contributed by atoms with Crippen LogP contribution >= 0.6 is 0 Å². The summed E-state index contributed by atoms with van der Waals surface area (Å²) >= 11 is 0. The molecule has 0 spiro atoms. The first-order chi connectivity index (χ1) is 6.69. The van der Waals surface area contributed by atoms with Gasteiger partial charge in [-0.05, 0) is 30.0 Å². The zero-order valence-electron chi connectivity index (χ0n) is 9.16. The van der Waals surface area contributed by atoms with Crippen molar-refractivity contribution in [3.8, 4) is 5.75 Å². The number of hydrogen-bond donors (Lipinski definition) is 1. The van der Waals surface area contributed by atoms with Crippen molar-refractivity contribution in [2.45, 2.75) is 32.2 Å². The Kier molecular flexibility index (Phi) is 3.96. The first-order valence-corrected chi connectivity index (χ1v) is 5.08. The molecule has 0 bridgehead atoms. The molecule has 0 saturated heterocycles. The lowest BCUT2D eigenvalue weighted by Crippen LogP contribution is -2.25. The molecule has 0 aliphatic rings. The largest absolute Gasteiger partial charge is 0.497 e. The van der Waals surface area contributed by atoms with Crippen LogP contribution in [0.15, 0.2) is 24.3 Å². The summed E-state index contributed by atoms with van der Waals surface area (Å²) in [5.41, 5.74) is 7.25. The second-order valence-electron chi connectivity index (χ2n) is 3.64. The van der Waals surface area contributed by atoms with E-state index in [0.717, 1.165) is 12.2 Å². The fraction of sp³-hybridized carbons (Fsp3) is 0.500. The van der Waals surface area contributed by atoms with E-state index in [1.165, 1.54) is 5.56 Å². The third kappa shape index (κ3) is 2.48. The van der Waals surface area contributed by atoms with Crippen LogP contribution in [0.3, 0.4) is 0 Å². The van der Waals surface area contributed by atoms with E-state index in [0.29, 0.717) is 5.92 Å². The summed E-state index contributed by atoms with van der Waals surface area (Å²) in [6.07, 6.45) is 0.998. The van der Waals surface area contributed by atoms with Crippen molar-refractivity contribution in [2.24, 2.45) is 5.73 Å². The fourth-order valence-electron chi connectivity index (χ4n) is 1.53. The maximum atomic E-state index is 6.00. The molecule has 2 heteroatoms. The van der Waals surface area contributed by atoms with Crippen LogP contribution in [0.1, 0.15) is 31.7 Å². The highest BCUT2D eigenvalue weighted by molar-refractivity contribution is 5.31. The van der Waals surface area contributed by atoms with Crippen molar-refractivity contribution in [3.63, 3.8) is 0 Å². The van der Waals surface area contributed by atoms with Gasteiger partial charge in [-0.25, -0.2) is 0 Å². The van der Waals surface area contributed by atoms with Crippen LogP contribution < -0.4 is 10.5 Å². The lowest BCUT2D eigenvalue weighted by molar-refractivity contribution is 0.413. The summed E-state index contributed by atoms with van der Waals surface area (Å²) < 4.78 is 5.18. The Morgan fingerprint density at radius 3 is 2.71 bits per heavy atom. The van der Waals surface area contributed by atoms with Crippen molar-refractivity contribution in [1.82, 2.24) is 0 Å². The van der Waals surface area contributed by atoms with Gasteiger partial charge in [-0.3, -0.25) is 0 Å². The molecular formula is C12H19NO. The average Bonchev–Trinajstić information content (AvgIpc) is 2.27. The molecule has 78 valence electrons. The Morgan fingerprint density at radius 2 is 2.14 bits per heavy atom. The predicted octanol–water partition coefficient (Wildman–Crippen LogP) is 2.54. The predicted molar refractivity (Wildman–Crippen MR) is 59.7 cm³/mol. The fourth-order valence-corrected chi connectivity index (χ4v) is 1.53. The van der Waals surface area contributed by atoms with E-state index >= 15 is 0 Å². The standard InChI is InChI=1S/C12H19NO/c1-4-12(13)9(2)10-6-5-7-11(8-10)14-3/h5-9,12H,4,13H2,1-3H3. The molecule has 0 amide bonds. The van der Waals surface area contributed by atoms with Gasteiger partial charge in [0.2, 0.25) is 0 Å². The number of hydrogen-bond acceptors (Lipinski definition) is 2. The molecule has 0 radical (unpaired) electrons. The molecule has 0 aliphatic heterocycles. The van der Waals surface area contributed by atoms with Gasteiger partial charge in [-0.1, -0.05) is 26.0 Å². The summed E-state index contributed by atoms with van der Waals surface area (Å²) in [6.45, 7) is 4.27. The first-order valence-electron chi connectivity index (χ1n) is 5.08. The third-order valence-electron chi connectivity index (χ3n) is 2.73. The molecule has 2 N–H and O–H groups in total. The molecule has 1 aromatic carbocycles. The monoisotopic (exact) mass is 193 g/mol. The minimum absolute atomic E-state index is 0.224. The van der Waals surface area contributed by atoms with E-state index in [4.69, 9.17) is 10.5 Å². The SMILES string of the molecule is CCC(N)C(C)c1cccc(OC)c1. The number of ether oxygens (including phenoxy) is 1. The molecule has 2 unspecified atom stereocenters. The maximum Gasteiger partial charge on any atom is 0.119 e. The normalized spacial score (nSPS) is 14.9. The van der Waals surface area contributed by atoms with E-state index in [2.05, 4.69) is 26.0 Å². The second-order valence-corrected chi connectivity index (χ2v) is 3.64. The lowest BCUT2D eigenvalue weighted by atomic mass is 9.92. The summed E-state index contributed by atoms with van der Waals surface area (Å²) in [5.74, 6) is 1.28. The van der Waals surface area contributed by atoms with Crippen molar-refractivity contribution in [3.05, 3.63) is 29.8 Å². The quantitative estimate of drug-likeness (QED) is 0.797.